The van der Waals surface area contributed by atoms with Crippen molar-refractivity contribution in [3.8, 4) is 11.4 Å². The number of piperidine rings is 1. The lowest BCUT2D eigenvalue weighted by Gasteiger charge is -2.50. The molecular formula is C21H27ClN6O4. The van der Waals surface area contributed by atoms with Gasteiger partial charge in [0.1, 0.15) is 12.1 Å². The number of nitrogens with zero attached hydrogens (tertiary/aromatic N) is 5. The Morgan fingerprint density at radius 2 is 1.97 bits per heavy atom. The van der Waals surface area contributed by atoms with Gasteiger partial charge in [-0.15, -0.1) is 10.2 Å². The lowest BCUT2D eigenvalue weighted by molar-refractivity contribution is -0.194. The molecule has 2 saturated heterocycles. The summed E-state index contributed by atoms with van der Waals surface area (Å²) >= 11 is 5.91. The van der Waals surface area contributed by atoms with Crippen LogP contribution in [0, 0.1) is 0 Å². The molecule has 11 heteroatoms. The highest BCUT2D eigenvalue weighted by Gasteiger charge is 2.49. The van der Waals surface area contributed by atoms with E-state index in [1.54, 1.807) is 36.1 Å². The number of aromatic nitrogens is 4. The monoisotopic (exact) mass is 462 g/mol. The van der Waals surface area contributed by atoms with Crippen molar-refractivity contribution in [2.24, 2.45) is 0 Å². The van der Waals surface area contributed by atoms with Crippen LogP contribution < -0.4 is 5.32 Å². The number of benzene rings is 1. The molecule has 2 atom stereocenters. The number of hydrogen-bond donors (Lipinski definition) is 2. The van der Waals surface area contributed by atoms with Crippen molar-refractivity contribution >= 4 is 23.4 Å². The van der Waals surface area contributed by atoms with E-state index < -0.39 is 11.2 Å². The van der Waals surface area contributed by atoms with Gasteiger partial charge in [-0.25, -0.2) is 0 Å². The Bertz CT molecular complexity index is 984. The second kappa shape index (κ2) is 8.76. The zero-order chi connectivity index (χ0) is 22.9. The van der Waals surface area contributed by atoms with E-state index in [1.807, 2.05) is 0 Å². The van der Waals surface area contributed by atoms with Crippen LogP contribution in [-0.4, -0.2) is 79.0 Å². The minimum atomic E-state index is -1.12. The van der Waals surface area contributed by atoms with Gasteiger partial charge >= 0.3 is 0 Å². The Balaban J connectivity index is 1.34. The summed E-state index contributed by atoms with van der Waals surface area (Å²) in [7, 11) is 0. The summed E-state index contributed by atoms with van der Waals surface area (Å²) in [6.45, 7) is 4.29. The van der Waals surface area contributed by atoms with Gasteiger partial charge in [0.25, 0.3) is 0 Å². The third kappa shape index (κ3) is 4.92. The van der Waals surface area contributed by atoms with Crippen molar-refractivity contribution in [1.29, 1.82) is 0 Å². The molecule has 1 aromatic carbocycles. The molecule has 2 amide bonds. The van der Waals surface area contributed by atoms with Crippen molar-refractivity contribution in [3.05, 3.63) is 29.3 Å². The molecule has 32 heavy (non-hydrogen) atoms. The first-order valence-electron chi connectivity index (χ1n) is 10.6. The van der Waals surface area contributed by atoms with Gasteiger partial charge in [0, 0.05) is 30.6 Å². The standard InChI is InChI=1S/C21H27ClN6O4/c1-14(29)23-17-11-21(32-13-20(17,2)31)7-9-27(10-8-21)18(30)12-28-25-19(24-26-28)15-3-5-16(22)6-4-15/h3-6,17,31H,7-13H2,1-2H3,(H,23,29)/t17-,20-/m0/s1. The van der Waals surface area contributed by atoms with Gasteiger partial charge in [0.15, 0.2) is 0 Å². The zero-order valence-corrected chi connectivity index (χ0v) is 18.9. The lowest BCUT2D eigenvalue weighted by Crippen LogP contribution is -2.64. The number of ether oxygens (including phenoxy) is 1. The summed E-state index contributed by atoms with van der Waals surface area (Å²) in [5.41, 5.74) is -0.809. The molecule has 2 aliphatic rings. The van der Waals surface area contributed by atoms with Crippen LogP contribution >= 0.6 is 11.6 Å². The molecule has 0 saturated carbocycles. The summed E-state index contributed by atoms with van der Waals surface area (Å²) in [4.78, 5) is 27.4. The maximum absolute atomic E-state index is 12.8. The largest absolute Gasteiger partial charge is 0.386 e. The maximum atomic E-state index is 12.8. The summed E-state index contributed by atoms with van der Waals surface area (Å²) in [5.74, 6) is 0.151. The summed E-state index contributed by atoms with van der Waals surface area (Å²) in [6, 6.07) is 6.70. The van der Waals surface area contributed by atoms with Gasteiger partial charge in [-0.05, 0) is 55.7 Å². The predicted molar refractivity (Wildman–Crippen MR) is 116 cm³/mol. The molecule has 4 rings (SSSR count). The predicted octanol–water partition coefficient (Wildman–Crippen LogP) is 1.03. The molecule has 0 bridgehead atoms. The van der Waals surface area contributed by atoms with E-state index in [0.717, 1.165) is 5.56 Å². The number of halogens is 1. The number of hydrogen-bond acceptors (Lipinski definition) is 7. The third-order valence-electron chi connectivity index (χ3n) is 6.23. The molecule has 0 unspecified atom stereocenters. The number of tetrazole rings is 1. The van der Waals surface area contributed by atoms with Gasteiger partial charge < -0.3 is 20.1 Å². The average molecular weight is 463 g/mol. The van der Waals surface area contributed by atoms with Crippen molar-refractivity contribution in [2.45, 2.75) is 56.9 Å². The third-order valence-corrected chi connectivity index (χ3v) is 6.49. The van der Waals surface area contributed by atoms with Crippen molar-refractivity contribution < 1.29 is 19.4 Å². The summed E-state index contributed by atoms with van der Waals surface area (Å²) in [5, 5.41) is 26.3. The van der Waals surface area contributed by atoms with Crippen LogP contribution in [0.25, 0.3) is 11.4 Å². The molecule has 2 N–H and O–H groups in total. The highest BCUT2D eigenvalue weighted by atomic mass is 35.5. The summed E-state index contributed by atoms with van der Waals surface area (Å²) < 4.78 is 6.05. The molecule has 10 nitrogen and oxygen atoms in total. The molecule has 1 aromatic heterocycles. The minimum Gasteiger partial charge on any atom is -0.386 e. The quantitative estimate of drug-likeness (QED) is 0.695. The zero-order valence-electron chi connectivity index (χ0n) is 18.1. The second-order valence-electron chi connectivity index (χ2n) is 8.82. The van der Waals surface area contributed by atoms with Crippen LogP contribution in [0.15, 0.2) is 24.3 Å². The Morgan fingerprint density at radius 1 is 1.28 bits per heavy atom. The Morgan fingerprint density at radius 3 is 2.62 bits per heavy atom. The molecule has 3 heterocycles. The van der Waals surface area contributed by atoms with Crippen LogP contribution in [0.3, 0.4) is 0 Å². The molecule has 2 aromatic rings. The number of carbonyl (C=O) groups excluding carboxylic acids is 2. The van der Waals surface area contributed by atoms with Gasteiger partial charge in [0.2, 0.25) is 17.6 Å². The highest BCUT2D eigenvalue weighted by molar-refractivity contribution is 6.30. The van der Waals surface area contributed by atoms with Gasteiger partial charge in [-0.2, -0.15) is 4.80 Å². The normalized spacial score (nSPS) is 25.0. The number of nitrogens with one attached hydrogen (secondary N) is 1. The highest BCUT2D eigenvalue weighted by Crippen LogP contribution is 2.38. The van der Waals surface area contributed by atoms with E-state index in [-0.39, 0.29) is 31.0 Å². The van der Waals surface area contributed by atoms with E-state index in [9.17, 15) is 14.7 Å². The SMILES string of the molecule is CC(=O)N[C@H]1CC2(CCN(C(=O)Cn3nnc(-c4ccc(Cl)cc4)n3)CC2)OC[C@]1(C)O. The first-order chi connectivity index (χ1) is 15.2. The number of amides is 2. The van der Waals surface area contributed by atoms with Crippen LogP contribution in [0.2, 0.25) is 5.02 Å². The first kappa shape index (κ1) is 22.6. The van der Waals surface area contributed by atoms with E-state index >= 15 is 0 Å². The van der Waals surface area contributed by atoms with Crippen LogP contribution in [0.4, 0.5) is 0 Å². The molecule has 1 spiro atoms. The molecule has 172 valence electrons. The topological polar surface area (TPSA) is 122 Å². The van der Waals surface area contributed by atoms with E-state index in [1.165, 1.54) is 11.7 Å². The fourth-order valence-corrected chi connectivity index (χ4v) is 4.39. The van der Waals surface area contributed by atoms with E-state index in [0.29, 0.717) is 43.2 Å². The molecule has 2 aliphatic heterocycles. The number of carbonyl (C=O) groups is 2. The van der Waals surface area contributed by atoms with Crippen molar-refractivity contribution in [2.75, 3.05) is 19.7 Å². The lowest BCUT2D eigenvalue weighted by atomic mass is 9.77. The van der Waals surface area contributed by atoms with Crippen LogP contribution in [0.1, 0.15) is 33.1 Å². The van der Waals surface area contributed by atoms with E-state index in [2.05, 4.69) is 20.7 Å². The van der Waals surface area contributed by atoms with Crippen molar-refractivity contribution in [3.63, 3.8) is 0 Å². The number of likely N-dealkylation sites (tertiary alicyclic amines) is 1. The average Bonchev–Trinajstić information content (AvgIpc) is 3.20. The smallest absolute Gasteiger partial charge is 0.246 e. The van der Waals surface area contributed by atoms with Gasteiger partial charge in [-0.3, -0.25) is 9.59 Å². The molecule has 2 fully saturated rings. The molecule has 0 radical (unpaired) electrons. The fourth-order valence-electron chi connectivity index (χ4n) is 4.26. The van der Waals surface area contributed by atoms with Crippen molar-refractivity contribution in [1.82, 2.24) is 30.4 Å². The second-order valence-corrected chi connectivity index (χ2v) is 9.25. The minimum absolute atomic E-state index is 0.00231. The summed E-state index contributed by atoms with van der Waals surface area (Å²) in [6.07, 6.45) is 1.77. The van der Waals surface area contributed by atoms with Crippen LogP contribution in [-0.2, 0) is 20.9 Å². The van der Waals surface area contributed by atoms with Gasteiger partial charge in [0.05, 0.1) is 18.2 Å². The Hall–Kier alpha value is -2.56. The van der Waals surface area contributed by atoms with E-state index in [4.69, 9.17) is 16.3 Å². The maximum Gasteiger partial charge on any atom is 0.246 e. The fraction of sp³-hybridized carbons (Fsp3) is 0.571. The number of aliphatic hydroxyl groups is 1. The first-order valence-corrected chi connectivity index (χ1v) is 11.0. The van der Waals surface area contributed by atoms with Crippen LogP contribution in [0.5, 0.6) is 0 Å². The Labute approximate surface area is 190 Å². The molecular weight excluding hydrogens is 436 g/mol. The molecule has 0 aliphatic carbocycles. The Kier molecular flexibility index (Phi) is 6.19. The van der Waals surface area contributed by atoms with Gasteiger partial charge in [-0.1, -0.05) is 11.6 Å². The number of rotatable bonds is 4.